The van der Waals surface area contributed by atoms with Crippen LogP contribution in [0.5, 0.6) is 5.75 Å². The maximum absolute atomic E-state index is 13.2. The normalized spacial score (nSPS) is 20.4. The van der Waals surface area contributed by atoms with Crippen molar-refractivity contribution < 1.29 is 24.2 Å². The molecule has 2 aromatic carbocycles. The quantitative estimate of drug-likeness (QED) is 0.241. The van der Waals surface area contributed by atoms with E-state index in [-0.39, 0.29) is 11.3 Å². The van der Waals surface area contributed by atoms with Crippen LogP contribution >= 0.6 is 0 Å². The second-order valence-electron chi connectivity index (χ2n) is 8.94. The van der Waals surface area contributed by atoms with Crippen LogP contribution in [0.2, 0.25) is 0 Å². The van der Waals surface area contributed by atoms with E-state index in [9.17, 15) is 14.7 Å². The van der Waals surface area contributed by atoms with Crippen molar-refractivity contribution in [2.75, 3.05) is 46.0 Å². The zero-order chi connectivity index (χ0) is 24.6. The monoisotopic (exact) mass is 478 g/mol. The van der Waals surface area contributed by atoms with Crippen molar-refractivity contribution in [3.8, 4) is 5.75 Å². The largest absolute Gasteiger partial charge is 0.507 e. The lowest BCUT2D eigenvalue weighted by Gasteiger charge is -2.29. The highest BCUT2D eigenvalue weighted by molar-refractivity contribution is 6.46. The van der Waals surface area contributed by atoms with Crippen molar-refractivity contribution in [1.82, 2.24) is 9.80 Å². The number of amides is 1. The average molecular weight is 479 g/mol. The van der Waals surface area contributed by atoms with E-state index in [2.05, 4.69) is 11.8 Å². The molecule has 1 N–H and O–H groups in total. The Balaban J connectivity index is 1.61. The predicted molar refractivity (Wildman–Crippen MR) is 134 cm³/mol. The van der Waals surface area contributed by atoms with Gasteiger partial charge in [-0.3, -0.25) is 14.5 Å². The summed E-state index contributed by atoms with van der Waals surface area (Å²) in [5.41, 5.74) is 1.42. The van der Waals surface area contributed by atoms with Crippen molar-refractivity contribution in [3.05, 3.63) is 71.3 Å². The summed E-state index contributed by atoms with van der Waals surface area (Å²) in [6, 6.07) is 15.8. The van der Waals surface area contributed by atoms with Gasteiger partial charge in [0.1, 0.15) is 11.5 Å². The van der Waals surface area contributed by atoms with Gasteiger partial charge in [0.2, 0.25) is 0 Å². The summed E-state index contributed by atoms with van der Waals surface area (Å²) in [4.78, 5) is 30.2. The predicted octanol–water partition coefficient (Wildman–Crippen LogP) is 4.01. The minimum Gasteiger partial charge on any atom is -0.507 e. The zero-order valence-corrected chi connectivity index (χ0v) is 20.3. The van der Waals surface area contributed by atoms with Crippen molar-refractivity contribution in [1.29, 1.82) is 0 Å². The number of morpholine rings is 1. The number of carbonyl (C=O) groups is 2. The summed E-state index contributed by atoms with van der Waals surface area (Å²) in [5, 5.41) is 11.1. The molecule has 2 aliphatic rings. The lowest BCUT2D eigenvalue weighted by Crippen LogP contribution is -2.38. The highest BCUT2D eigenvalue weighted by Crippen LogP contribution is 2.39. The molecule has 2 saturated heterocycles. The molecule has 0 spiro atoms. The third-order valence-electron chi connectivity index (χ3n) is 6.53. The fourth-order valence-corrected chi connectivity index (χ4v) is 4.58. The number of likely N-dealkylation sites (tertiary alicyclic amines) is 1. The molecule has 2 aliphatic heterocycles. The molecule has 7 heteroatoms. The Morgan fingerprint density at radius 1 is 1.00 bits per heavy atom. The van der Waals surface area contributed by atoms with Crippen LogP contribution < -0.4 is 4.74 Å². The van der Waals surface area contributed by atoms with Crippen LogP contribution in [0.15, 0.2) is 60.2 Å². The Kier molecular flexibility index (Phi) is 8.55. The number of ketones is 1. The molecule has 0 bridgehead atoms. The second kappa shape index (κ2) is 12.0. The van der Waals surface area contributed by atoms with E-state index < -0.39 is 17.7 Å². The molecule has 1 amide bonds. The molecule has 186 valence electrons. The van der Waals surface area contributed by atoms with Crippen molar-refractivity contribution in [3.63, 3.8) is 0 Å². The molecule has 2 aromatic rings. The number of ether oxygens (including phenoxy) is 2. The third kappa shape index (κ3) is 5.92. The molecule has 7 nitrogen and oxygen atoms in total. The lowest BCUT2D eigenvalue weighted by molar-refractivity contribution is -0.140. The van der Waals surface area contributed by atoms with Gasteiger partial charge in [0, 0.05) is 31.7 Å². The number of aliphatic hydroxyl groups excluding tert-OH is 1. The Labute approximate surface area is 206 Å². The van der Waals surface area contributed by atoms with Gasteiger partial charge in [0.05, 0.1) is 31.4 Å². The maximum atomic E-state index is 13.2. The van der Waals surface area contributed by atoms with Gasteiger partial charge in [-0.2, -0.15) is 0 Å². The highest BCUT2D eigenvalue weighted by atomic mass is 16.5. The number of aliphatic hydroxyl groups is 1. The minimum atomic E-state index is -0.649. The molecule has 0 aromatic heterocycles. The molecule has 0 radical (unpaired) electrons. The summed E-state index contributed by atoms with van der Waals surface area (Å²) < 4.78 is 11.2. The van der Waals surface area contributed by atoms with E-state index in [4.69, 9.17) is 9.47 Å². The molecule has 1 atom stereocenters. The fraction of sp³-hybridized carbons (Fsp3) is 0.429. The number of nitrogens with zero attached hydrogens (tertiary/aromatic N) is 2. The van der Waals surface area contributed by atoms with E-state index in [1.54, 1.807) is 29.2 Å². The first-order chi connectivity index (χ1) is 17.1. The van der Waals surface area contributed by atoms with Gasteiger partial charge in [-0.25, -0.2) is 0 Å². The first-order valence-corrected chi connectivity index (χ1v) is 12.5. The van der Waals surface area contributed by atoms with Crippen LogP contribution in [0, 0.1) is 0 Å². The average Bonchev–Trinajstić information content (AvgIpc) is 3.15. The number of Topliss-reactive ketones (excluding diaryl/α,β-unsaturated/α-hetero) is 1. The van der Waals surface area contributed by atoms with Crippen molar-refractivity contribution in [2.45, 2.75) is 32.2 Å². The number of benzene rings is 2. The van der Waals surface area contributed by atoms with Gasteiger partial charge >= 0.3 is 0 Å². The van der Waals surface area contributed by atoms with Crippen molar-refractivity contribution >= 4 is 17.4 Å². The summed E-state index contributed by atoms with van der Waals surface area (Å²) >= 11 is 0. The van der Waals surface area contributed by atoms with E-state index in [1.807, 2.05) is 30.3 Å². The number of carbonyl (C=O) groups excluding carboxylic acids is 2. The van der Waals surface area contributed by atoms with Gasteiger partial charge < -0.3 is 19.5 Å². The standard InChI is InChI=1S/C28H34N2O5/c1-2-3-18-35-23-12-10-21(11-13-23)25-24(26(31)22-8-5-4-6-9-22)27(32)28(33)30(25)15-7-14-29-16-19-34-20-17-29/h4-6,8-13,25,31H,2-3,7,14-20H2,1H3. The number of hydrogen-bond acceptors (Lipinski definition) is 6. The second-order valence-corrected chi connectivity index (χ2v) is 8.94. The highest BCUT2D eigenvalue weighted by Gasteiger charge is 2.45. The SMILES string of the molecule is CCCCOc1ccc(C2C(=C(O)c3ccccc3)C(=O)C(=O)N2CCCN2CCOCC2)cc1. The molecular weight excluding hydrogens is 444 g/mol. The molecule has 1 unspecified atom stereocenters. The zero-order valence-electron chi connectivity index (χ0n) is 20.3. The smallest absolute Gasteiger partial charge is 0.295 e. The van der Waals surface area contributed by atoms with Gasteiger partial charge in [0.25, 0.3) is 11.7 Å². The Morgan fingerprint density at radius 2 is 1.71 bits per heavy atom. The van der Waals surface area contributed by atoms with E-state index in [0.29, 0.717) is 31.9 Å². The van der Waals surface area contributed by atoms with Crippen LogP contribution in [0.4, 0.5) is 0 Å². The van der Waals surface area contributed by atoms with Gasteiger partial charge in [-0.05, 0) is 30.5 Å². The van der Waals surface area contributed by atoms with Crippen LogP contribution in [0.25, 0.3) is 5.76 Å². The van der Waals surface area contributed by atoms with Crippen LogP contribution in [-0.4, -0.2) is 72.6 Å². The first kappa shape index (κ1) is 24.9. The third-order valence-corrected chi connectivity index (χ3v) is 6.53. The minimum absolute atomic E-state index is 0.132. The summed E-state index contributed by atoms with van der Waals surface area (Å²) in [5.74, 6) is -0.619. The molecular formula is C28H34N2O5. The maximum Gasteiger partial charge on any atom is 0.295 e. The summed E-state index contributed by atoms with van der Waals surface area (Å²) in [6.07, 6.45) is 2.76. The number of rotatable bonds is 10. The van der Waals surface area contributed by atoms with Crippen LogP contribution in [0.3, 0.4) is 0 Å². The molecule has 0 saturated carbocycles. The van der Waals surface area contributed by atoms with Crippen LogP contribution in [0.1, 0.15) is 43.4 Å². The Hall–Kier alpha value is -3.16. The van der Waals surface area contributed by atoms with Gasteiger partial charge in [-0.15, -0.1) is 0 Å². The fourth-order valence-electron chi connectivity index (χ4n) is 4.58. The van der Waals surface area contributed by atoms with E-state index >= 15 is 0 Å². The van der Waals surface area contributed by atoms with E-state index in [1.165, 1.54) is 0 Å². The molecule has 0 aliphatic carbocycles. The molecule has 2 heterocycles. The first-order valence-electron chi connectivity index (χ1n) is 12.5. The topological polar surface area (TPSA) is 79.3 Å². The molecule has 35 heavy (non-hydrogen) atoms. The molecule has 4 rings (SSSR count). The lowest BCUT2D eigenvalue weighted by atomic mass is 9.95. The van der Waals surface area contributed by atoms with Gasteiger partial charge in [0.15, 0.2) is 0 Å². The van der Waals surface area contributed by atoms with Gasteiger partial charge in [-0.1, -0.05) is 55.8 Å². The Bertz CT molecular complexity index is 1030. The summed E-state index contributed by atoms with van der Waals surface area (Å²) in [7, 11) is 0. The van der Waals surface area contributed by atoms with Crippen LogP contribution in [-0.2, 0) is 14.3 Å². The van der Waals surface area contributed by atoms with Crippen molar-refractivity contribution in [2.24, 2.45) is 0 Å². The van der Waals surface area contributed by atoms with E-state index in [0.717, 1.165) is 50.2 Å². The number of unbranched alkanes of at least 4 members (excludes halogenated alkanes) is 1. The Morgan fingerprint density at radius 3 is 2.40 bits per heavy atom. The summed E-state index contributed by atoms with van der Waals surface area (Å²) in [6.45, 7) is 7.17. The molecule has 2 fully saturated rings. The number of hydrogen-bond donors (Lipinski definition) is 1.